The molecule has 3 nitrogen and oxygen atoms in total. The Morgan fingerprint density at radius 2 is 2.21 bits per heavy atom. The van der Waals surface area contributed by atoms with E-state index in [0.717, 1.165) is 16.7 Å². The van der Waals surface area contributed by atoms with Crippen LogP contribution < -0.4 is 4.90 Å². The van der Waals surface area contributed by atoms with Crippen LogP contribution in [0, 0.1) is 5.82 Å². The maximum atomic E-state index is 14.2. The maximum absolute atomic E-state index is 14.2. The number of amides is 1. The number of benzene rings is 1. The first-order chi connectivity index (χ1) is 9.16. The van der Waals surface area contributed by atoms with Gasteiger partial charge in [0.1, 0.15) is 5.82 Å². The summed E-state index contributed by atoms with van der Waals surface area (Å²) in [7, 11) is 0. The van der Waals surface area contributed by atoms with Gasteiger partial charge in [0.25, 0.3) is 0 Å². The van der Waals surface area contributed by atoms with Crippen molar-refractivity contribution < 1.29 is 9.18 Å². The third-order valence-electron chi connectivity index (χ3n) is 3.39. The molecule has 0 bridgehead atoms. The van der Waals surface area contributed by atoms with E-state index in [9.17, 15) is 9.18 Å². The van der Waals surface area contributed by atoms with Crippen molar-refractivity contribution in [3.8, 4) is 11.1 Å². The van der Waals surface area contributed by atoms with Gasteiger partial charge in [-0.05, 0) is 35.7 Å². The average molecular weight is 256 g/mol. The minimum atomic E-state index is -0.343. The summed E-state index contributed by atoms with van der Waals surface area (Å²) in [5.74, 6) is -0.462. The minimum absolute atomic E-state index is 0.119. The lowest BCUT2D eigenvalue weighted by atomic mass is 10.0. The molecule has 0 spiro atoms. The fraction of sp³-hybridized carbons (Fsp3) is 0.200. The number of hydrogen-bond acceptors (Lipinski definition) is 2. The quantitative estimate of drug-likeness (QED) is 0.786. The van der Waals surface area contributed by atoms with E-state index in [4.69, 9.17) is 0 Å². The highest BCUT2D eigenvalue weighted by Gasteiger charge is 2.26. The zero-order valence-corrected chi connectivity index (χ0v) is 10.6. The summed E-state index contributed by atoms with van der Waals surface area (Å²) in [6.07, 6.45) is 4.09. The molecule has 1 aliphatic heterocycles. The van der Waals surface area contributed by atoms with Crippen LogP contribution in [0.3, 0.4) is 0 Å². The molecule has 3 rings (SSSR count). The van der Waals surface area contributed by atoms with Crippen LogP contribution in [0.25, 0.3) is 11.1 Å². The molecule has 0 saturated carbocycles. The summed E-state index contributed by atoms with van der Waals surface area (Å²) in [6, 6.07) is 7.13. The van der Waals surface area contributed by atoms with Crippen LogP contribution in [-0.4, -0.2) is 17.4 Å². The van der Waals surface area contributed by atoms with E-state index in [1.54, 1.807) is 12.4 Å². The minimum Gasteiger partial charge on any atom is -0.309 e. The lowest BCUT2D eigenvalue weighted by Gasteiger charge is -2.16. The number of nitrogens with zero attached hydrogens (tertiary/aromatic N) is 2. The molecule has 4 heteroatoms. The number of carbonyl (C=O) groups is 1. The van der Waals surface area contributed by atoms with E-state index in [-0.39, 0.29) is 11.7 Å². The molecule has 2 heterocycles. The van der Waals surface area contributed by atoms with Crippen molar-refractivity contribution in [3.05, 3.63) is 48.0 Å². The Bertz CT molecular complexity index is 640. The van der Waals surface area contributed by atoms with Crippen LogP contribution >= 0.6 is 0 Å². The van der Waals surface area contributed by atoms with Gasteiger partial charge in [-0.1, -0.05) is 6.07 Å². The molecule has 96 valence electrons. The second kappa shape index (κ2) is 4.46. The number of rotatable bonds is 1. The van der Waals surface area contributed by atoms with Gasteiger partial charge in [0.05, 0.1) is 5.69 Å². The summed E-state index contributed by atoms with van der Waals surface area (Å²) in [6.45, 7) is 2.02. The number of hydrogen-bond donors (Lipinski definition) is 0. The molecule has 1 aromatic heterocycles. The Kier molecular flexibility index (Phi) is 2.78. The third-order valence-corrected chi connectivity index (χ3v) is 3.39. The van der Waals surface area contributed by atoms with Crippen molar-refractivity contribution in [1.82, 2.24) is 4.98 Å². The van der Waals surface area contributed by atoms with Gasteiger partial charge in [-0.25, -0.2) is 4.39 Å². The van der Waals surface area contributed by atoms with Gasteiger partial charge >= 0.3 is 0 Å². The molecule has 0 atom stereocenters. The zero-order valence-electron chi connectivity index (χ0n) is 10.6. The smallest absolute Gasteiger partial charge is 0.223 e. The van der Waals surface area contributed by atoms with Gasteiger partial charge in [0, 0.05) is 31.4 Å². The summed E-state index contributed by atoms with van der Waals surface area (Å²) < 4.78 is 14.2. The molecular formula is C15H13FN2O. The predicted octanol–water partition coefficient (Wildman–Crippen LogP) is 2.80. The van der Waals surface area contributed by atoms with E-state index in [1.807, 2.05) is 18.2 Å². The highest BCUT2D eigenvalue weighted by Crippen LogP contribution is 2.35. The van der Waals surface area contributed by atoms with Crippen molar-refractivity contribution in [2.24, 2.45) is 0 Å². The van der Waals surface area contributed by atoms with Gasteiger partial charge in [0.15, 0.2) is 0 Å². The molecule has 2 aromatic rings. The van der Waals surface area contributed by atoms with Gasteiger partial charge in [-0.3, -0.25) is 9.78 Å². The number of pyridine rings is 1. The Morgan fingerprint density at radius 1 is 1.37 bits per heavy atom. The standard InChI is InChI=1S/C15H13FN2O/c1-10(19)18-6-4-11-7-13(8-14(16)15(11)18)12-3-2-5-17-9-12/h2-3,5,7-9H,4,6H2,1H3. The highest BCUT2D eigenvalue weighted by atomic mass is 19.1. The van der Waals surface area contributed by atoms with Gasteiger partial charge in [-0.15, -0.1) is 0 Å². The van der Waals surface area contributed by atoms with Crippen LogP contribution in [0.2, 0.25) is 0 Å². The highest BCUT2D eigenvalue weighted by molar-refractivity contribution is 5.94. The van der Waals surface area contributed by atoms with Gasteiger partial charge in [-0.2, -0.15) is 0 Å². The molecule has 0 radical (unpaired) electrons. The summed E-state index contributed by atoms with van der Waals surface area (Å²) in [4.78, 5) is 17.0. The van der Waals surface area contributed by atoms with Crippen molar-refractivity contribution in [3.63, 3.8) is 0 Å². The number of carbonyl (C=O) groups excluding carboxylic acids is 1. The number of aromatic nitrogens is 1. The van der Waals surface area contributed by atoms with Crippen LogP contribution in [0.1, 0.15) is 12.5 Å². The third kappa shape index (κ3) is 1.99. The Morgan fingerprint density at radius 3 is 2.89 bits per heavy atom. The first-order valence-electron chi connectivity index (χ1n) is 6.18. The monoisotopic (exact) mass is 256 g/mol. The first-order valence-corrected chi connectivity index (χ1v) is 6.18. The molecule has 0 aliphatic carbocycles. The second-order valence-corrected chi connectivity index (χ2v) is 4.63. The van der Waals surface area contributed by atoms with Crippen LogP contribution in [0.4, 0.5) is 10.1 Å². The summed E-state index contributed by atoms with van der Waals surface area (Å²) in [5.41, 5.74) is 2.99. The summed E-state index contributed by atoms with van der Waals surface area (Å²) in [5, 5.41) is 0. The average Bonchev–Trinajstić information content (AvgIpc) is 2.84. The van der Waals surface area contributed by atoms with Crippen molar-refractivity contribution in [1.29, 1.82) is 0 Å². The van der Waals surface area contributed by atoms with Gasteiger partial charge < -0.3 is 4.90 Å². The van der Waals surface area contributed by atoms with Gasteiger partial charge in [0.2, 0.25) is 5.91 Å². The van der Waals surface area contributed by atoms with Crippen molar-refractivity contribution >= 4 is 11.6 Å². The van der Waals surface area contributed by atoms with Crippen LogP contribution in [0.5, 0.6) is 0 Å². The second-order valence-electron chi connectivity index (χ2n) is 4.63. The first kappa shape index (κ1) is 11.8. The van der Waals surface area contributed by atoms with E-state index in [0.29, 0.717) is 18.7 Å². The fourth-order valence-corrected chi connectivity index (χ4v) is 2.51. The molecular weight excluding hydrogens is 243 g/mol. The topological polar surface area (TPSA) is 33.2 Å². The fourth-order valence-electron chi connectivity index (χ4n) is 2.51. The number of fused-ring (bicyclic) bond motifs is 1. The van der Waals surface area contributed by atoms with Crippen LogP contribution in [0.15, 0.2) is 36.7 Å². The lowest BCUT2D eigenvalue weighted by Crippen LogP contribution is -2.26. The molecule has 0 unspecified atom stereocenters. The number of halogens is 1. The molecule has 0 saturated heterocycles. The SMILES string of the molecule is CC(=O)N1CCc2cc(-c3cccnc3)cc(F)c21. The van der Waals surface area contributed by atoms with Crippen molar-refractivity contribution in [2.75, 3.05) is 11.4 Å². The number of anilines is 1. The Labute approximate surface area is 110 Å². The predicted molar refractivity (Wildman–Crippen MR) is 71.4 cm³/mol. The van der Waals surface area contributed by atoms with E-state index in [1.165, 1.54) is 17.9 Å². The van der Waals surface area contributed by atoms with E-state index >= 15 is 0 Å². The zero-order chi connectivity index (χ0) is 13.4. The lowest BCUT2D eigenvalue weighted by molar-refractivity contribution is -0.116. The summed E-state index contributed by atoms with van der Waals surface area (Å²) >= 11 is 0. The maximum Gasteiger partial charge on any atom is 0.223 e. The van der Waals surface area contributed by atoms with E-state index in [2.05, 4.69) is 4.98 Å². The van der Waals surface area contributed by atoms with E-state index < -0.39 is 0 Å². The molecule has 1 aromatic carbocycles. The van der Waals surface area contributed by atoms with Crippen LogP contribution in [-0.2, 0) is 11.2 Å². The Balaban J connectivity index is 2.10. The molecule has 1 aliphatic rings. The van der Waals surface area contributed by atoms with Crippen molar-refractivity contribution in [2.45, 2.75) is 13.3 Å². The molecule has 0 N–H and O–H groups in total. The largest absolute Gasteiger partial charge is 0.309 e. The normalized spacial score (nSPS) is 13.5. The molecule has 0 fully saturated rings. The molecule has 19 heavy (non-hydrogen) atoms. The Hall–Kier alpha value is -2.23. The molecule has 1 amide bonds.